The average Bonchev–Trinajstić information content (AvgIpc) is 2.58. The smallest absolute Gasteiger partial charge is 0.240 e. The van der Waals surface area contributed by atoms with E-state index in [4.69, 9.17) is 9.47 Å². The first-order chi connectivity index (χ1) is 11.8. The highest BCUT2D eigenvalue weighted by atomic mass is 32.2. The largest absolute Gasteiger partial charge is 0.497 e. The highest BCUT2D eigenvalue weighted by Crippen LogP contribution is 2.21. The molecule has 1 N–H and O–H groups in total. The molecule has 0 aliphatic carbocycles. The van der Waals surface area contributed by atoms with Gasteiger partial charge in [0.2, 0.25) is 10.0 Å². The fourth-order valence-electron chi connectivity index (χ4n) is 2.44. The molecule has 2 rings (SSSR count). The molecule has 0 saturated heterocycles. The van der Waals surface area contributed by atoms with E-state index in [1.807, 2.05) is 24.3 Å². The molecule has 2 aromatic carbocycles. The van der Waals surface area contributed by atoms with Crippen molar-refractivity contribution in [3.05, 3.63) is 53.6 Å². The number of hydrogen-bond donors (Lipinski definition) is 1. The number of rotatable bonds is 8. The molecule has 25 heavy (non-hydrogen) atoms. The molecular weight excluding hydrogens is 338 g/mol. The number of ether oxygens (including phenoxy) is 2. The third-order valence-corrected chi connectivity index (χ3v) is 5.48. The van der Waals surface area contributed by atoms with E-state index in [9.17, 15) is 8.42 Å². The Hall–Kier alpha value is -2.05. The first kappa shape index (κ1) is 19.3. The van der Waals surface area contributed by atoms with Gasteiger partial charge in [-0.05, 0) is 54.3 Å². The minimum absolute atomic E-state index is 0.194. The van der Waals surface area contributed by atoms with Crippen molar-refractivity contribution in [2.75, 3.05) is 20.3 Å². The Balaban J connectivity index is 1.93. The second kappa shape index (κ2) is 8.36. The van der Waals surface area contributed by atoms with Crippen LogP contribution in [0.15, 0.2) is 47.4 Å². The second-order valence-corrected chi connectivity index (χ2v) is 7.84. The van der Waals surface area contributed by atoms with Crippen molar-refractivity contribution < 1.29 is 17.9 Å². The van der Waals surface area contributed by atoms with Gasteiger partial charge in [0, 0.05) is 6.54 Å². The minimum Gasteiger partial charge on any atom is -0.497 e. The highest BCUT2D eigenvalue weighted by molar-refractivity contribution is 7.89. The summed E-state index contributed by atoms with van der Waals surface area (Å²) in [5.74, 6) is 1.79. The summed E-state index contributed by atoms with van der Waals surface area (Å²) in [7, 11) is -2.03. The lowest BCUT2D eigenvalue weighted by Gasteiger charge is -2.12. The Morgan fingerprint density at radius 3 is 2.48 bits per heavy atom. The summed E-state index contributed by atoms with van der Waals surface area (Å²) >= 11 is 0. The maximum Gasteiger partial charge on any atom is 0.240 e. The summed E-state index contributed by atoms with van der Waals surface area (Å²) in [6, 6.07) is 12.7. The lowest BCUT2D eigenvalue weighted by Crippen LogP contribution is -2.28. The minimum atomic E-state index is -3.58. The van der Waals surface area contributed by atoms with Crippen molar-refractivity contribution >= 4 is 10.0 Å². The number of hydrogen-bond acceptors (Lipinski definition) is 4. The molecule has 0 heterocycles. The summed E-state index contributed by atoms with van der Waals surface area (Å²) in [5.41, 5.74) is 1.82. The molecule has 0 spiro atoms. The summed E-state index contributed by atoms with van der Waals surface area (Å²) in [6.07, 6.45) is 0. The third-order valence-electron chi connectivity index (χ3n) is 3.86. The third kappa shape index (κ3) is 5.21. The van der Waals surface area contributed by atoms with E-state index in [1.54, 1.807) is 32.2 Å². The van der Waals surface area contributed by atoms with E-state index in [0.717, 1.165) is 5.75 Å². The first-order valence-electron chi connectivity index (χ1n) is 8.20. The van der Waals surface area contributed by atoms with Crippen LogP contribution in [0.3, 0.4) is 0 Å². The van der Waals surface area contributed by atoms with E-state index in [1.165, 1.54) is 5.56 Å². The molecular formula is C19H25NO4S. The monoisotopic (exact) mass is 363 g/mol. The molecule has 5 nitrogen and oxygen atoms in total. The standard InChI is InChI=1S/C19H25NO4S/c1-14(2)16-6-5-7-18(13-16)24-11-10-20-25(21,22)19-9-8-17(23-4)12-15(19)3/h5-9,12-14,20H,10-11H2,1-4H3. The number of nitrogens with one attached hydrogen (secondary N) is 1. The number of methoxy groups -OCH3 is 1. The van der Waals surface area contributed by atoms with Crippen molar-refractivity contribution in [1.82, 2.24) is 4.72 Å². The summed E-state index contributed by atoms with van der Waals surface area (Å²) in [4.78, 5) is 0.245. The van der Waals surface area contributed by atoms with Gasteiger partial charge in [0.25, 0.3) is 0 Å². The zero-order chi connectivity index (χ0) is 18.4. The second-order valence-electron chi connectivity index (χ2n) is 6.10. The van der Waals surface area contributed by atoms with Crippen LogP contribution < -0.4 is 14.2 Å². The molecule has 0 aromatic heterocycles. The van der Waals surface area contributed by atoms with Crippen molar-refractivity contribution in [2.24, 2.45) is 0 Å². The van der Waals surface area contributed by atoms with Crippen LogP contribution in [0.2, 0.25) is 0 Å². The van der Waals surface area contributed by atoms with E-state index in [2.05, 4.69) is 18.6 Å². The number of benzene rings is 2. The zero-order valence-corrected chi connectivity index (χ0v) is 15.9. The summed E-state index contributed by atoms with van der Waals surface area (Å²) < 4.78 is 38.1. The van der Waals surface area contributed by atoms with Gasteiger partial charge in [-0.3, -0.25) is 0 Å². The van der Waals surface area contributed by atoms with Crippen LogP contribution in [0, 0.1) is 6.92 Å². The van der Waals surface area contributed by atoms with Gasteiger partial charge in [-0.15, -0.1) is 0 Å². The number of sulfonamides is 1. The molecule has 0 fully saturated rings. The quantitative estimate of drug-likeness (QED) is 0.729. The molecule has 0 bridgehead atoms. The molecule has 136 valence electrons. The van der Waals surface area contributed by atoms with Crippen molar-refractivity contribution in [2.45, 2.75) is 31.6 Å². The predicted molar refractivity (Wildman–Crippen MR) is 98.9 cm³/mol. The fraction of sp³-hybridized carbons (Fsp3) is 0.368. The van der Waals surface area contributed by atoms with Crippen molar-refractivity contribution in [1.29, 1.82) is 0 Å². The van der Waals surface area contributed by atoms with E-state index in [0.29, 0.717) is 17.2 Å². The van der Waals surface area contributed by atoms with E-state index in [-0.39, 0.29) is 18.0 Å². The maximum atomic E-state index is 12.4. The van der Waals surface area contributed by atoms with Gasteiger partial charge in [0.15, 0.2) is 0 Å². The summed E-state index contributed by atoms with van der Waals surface area (Å²) in [5, 5.41) is 0. The average molecular weight is 363 g/mol. The van der Waals surface area contributed by atoms with Crippen LogP contribution in [-0.4, -0.2) is 28.7 Å². The van der Waals surface area contributed by atoms with Crippen molar-refractivity contribution in [3.8, 4) is 11.5 Å². The Morgan fingerprint density at radius 2 is 1.84 bits per heavy atom. The molecule has 0 saturated carbocycles. The Bertz CT molecular complexity index is 816. The van der Waals surface area contributed by atoms with Gasteiger partial charge >= 0.3 is 0 Å². The Morgan fingerprint density at radius 1 is 1.08 bits per heavy atom. The topological polar surface area (TPSA) is 64.6 Å². The van der Waals surface area contributed by atoms with Crippen molar-refractivity contribution in [3.63, 3.8) is 0 Å². The van der Waals surface area contributed by atoms with Gasteiger partial charge in [0.1, 0.15) is 18.1 Å². The van der Waals surface area contributed by atoms with Crippen LogP contribution in [0.1, 0.15) is 30.9 Å². The van der Waals surface area contributed by atoms with Crippen LogP contribution >= 0.6 is 0 Å². The predicted octanol–water partition coefficient (Wildman–Crippen LogP) is 3.48. The van der Waals surface area contributed by atoms with Crippen LogP contribution in [0.5, 0.6) is 11.5 Å². The molecule has 0 aliphatic rings. The fourth-order valence-corrected chi connectivity index (χ4v) is 3.67. The highest BCUT2D eigenvalue weighted by Gasteiger charge is 2.16. The van der Waals surface area contributed by atoms with Crippen LogP contribution in [0.25, 0.3) is 0 Å². The van der Waals surface area contributed by atoms with Gasteiger partial charge in [-0.2, -0.15) is 0 Å². The zero-order valence-electron chi connectivity index (χ0n) is 15.1. The van der Waals surface area contributed by atoms with Crippen LogP contribution in [-0.2, 0) is 10.0 Å². The van der Waals surface area contributed by atoms with Gasteiger partial charge in [-0.25, -0.2) is 13.1 Å². The van der Waals surface area contributed by atoms with Crippen LogP contribution in [0.4, 0.5) is 0 Å². The molecule has 0 atom stereocenters. The molecule has 2 aromatic rings. The molecule has 0 unspecified atom stereocenters. The Kier molecular flexibility index (Phi) is 6.45. The van der Waals surface area contributed by atoms with Gasteiger partial charge in [-0.1, -0.05) is 26.0 Å². The van der Waals surface area contributed by atoms with E-state index >= 15 is 0 Å². The van der Waals surface area contributed by atoms with Gasteiger partial charge in [0.05, 0.1) is 12.0 Å². The maximum absolute atomic E-state index is 12.4. The SMILES string of the molecule is COc1ccc(S(=O)(=O)NCCOc2cccc(C(C)C)c2)c(C)c1. The number of aryl methyl sites for hydroxylation is 1. The molecule has 6 heteroatoms. The van der Waals surface area contributed by atoms with E-state index < -0.39 is 10.0 Å². The lowest BCUT2D eigenvalue weighted by molar-refractivity contribution is 0.322. The Labute approximate surface area is 150 Å². The molecule has 0 aliphatic heterocycles. The first-order valence-corrected chi connectivity index (χ1v) is 9.69. The lowest BCUT2D eigenvalue weighted by atomic mass is 10.0. The van der Waals surface area contributed by atoms with Gasteiger partial charge < -0.3 is 9.47 Å². The molecule has 0 radical (unpaired) electrons. The normalized spacial score (nSPS) is 11.6. The summed E-state index contributed by atoms with van der Waals surface area (Å²) in [6.45, 7) is 6.43. The molecule has 0 amide bonds.